The van der Waals surface area contributed by atoms with E-state index in [0.29, 0.717) is 10.6 Å². The molecule has 1 rings (SSSR count). The number of halogens is 1. The van der Waals surface area contributed by atoms with Gasteiger partial charge >= 0.3 is 136 Å². The minimum absolute atomic E-state index is 0.00266. The summed E-state index contributed by atoms with van der Waals surface area (Å²) in [7, 11) is 0. The molecule has 4 nitrogen and oxygen atoms in total. The second kappa shape index (κ2) is 9.86. The standard InChI is InChI=1S/C15H19AsClO4/c17-11-7-8-13(18)12(10-11)15(21)16-9-5-3-1-2-4-6-14(19)20/h7-8,10,18H,1-6,9H2,(H,19,20). The third-order valence-corrected chi connectivity index (χ3v) is 5.47. The van der Waals surface area contributed by atoms with E-state index >= 15 is 0 Å². The number of aromatic hydroxyl groups is 1. The van der Waals surface area contributed by atoms with E-state index in [1.165, 1.54) is 12.1 Å². The van der Waals surface area contributed by atoms with Gasteiger partial charge in [0.05, 0.1) is 0 Å². The Balaban J connectivity index is 2.16. The van der Waals surface area contributed by atoms with Crippen molar-refractivity contribution < 1.29 is 19.8 Å². The van der Waals surface area contributed by atoms with Crippen LogP contribution >= 0.6 is 11.6 Å². The molecular weight excluding hydrogens is 355 g/mol. The Labute approximate surface area is 136 Å². The van der Waals surface area contributed by atoms with Crippen molar-refractivity contribution in [3.8, 4) is 5.75 Å². The third kappa shape index (κ3) is 7.54. The molecule has 2 N–H and O–H groups in total. The van der Waals surface area contributed by atoms with Crippen LogP contribution < -0.4 is 0 Å². The van der Waals surface area contributed by atoms with E-state index in [9.17, 15) is 14.7 Å². The van der Waals surface area contributed by atoms with Crippen molar-refractivity contribution in [2.75, 3.05) is 0 Å². The van der Waals surface area contributed by atoms with Gasteiger partial charge in [0.15, 0.2) is 0 Å². The average Bonchev–Trinajstić information content (AvgIpc) is 2.43. The normalized spacial score (nSPS) is 11.1. The number of hydrogen-bond donors (Lipinski definition) is 2. The number of aliphatic carboxylic acids is 1. The molecule has 0 aliphatic carbocycles. The van der Waals surface area contributed by atoms with Gasteiger partial charge in [0, 0.05) is 0 Å². The summed E-state index contributed by atoms with van der Waals surface area (Å²) in [5.41, 5.74) is 0.323. The van der Waals surface area contributed by atoms with Crippen LogP contribution in [0, 0.1) is 0 Å². The van der Waals surface area contributed by atoms with E-state index in [0.717, 1.165) is 37.3 Å². The quantitative estimate of drug-likeness (QED) is 0.484. The summed E-state index contributed by atoms with van der Waals surface area (Å²) in [6.45, 7) is 0. The van der Waals surface area contributed by atoms with Gasteiger partial charge in [0.1, 0.15) is 0 Å². The molecule has 1 aromatic carbocycles. The van der Waals surface area contributed by atoms with E-state index in [-0.39, 0.29) is 16.7 Å². The van der Waals surface area contributed by atoms with Crippen molar-refractivity contribution in [1.29, 1.82) is 0 Å². The zero-order valence-corrected chi connectivity index (χ0v) is 14.4. The number of rotatable bonds is 10. The summed E-state index contributed by atoms with van der Waals surface area (Å²) < 4.78 is -0.00266. The number of carbonyl (C=O) groups is 2. The summed E-state index contributed by atoms with van der Waals surface area (Å²) >= 11 is 5.34. The van der Waals surface area contributed by atoms with Crippen LogP contribution in [0.5, 0.6) is 5.75 Å². The molecule has 6 heteroatoms. The Bertz CT molecular complexity index is 491. The fraction of sp³-hybridized carbons (Fsp3) is 0.467. The predicted octanol–water partition coefficient (Wildman–Crippen LogP) is 3.73. The molecule has 0 aliphatic rings. The van der Waals surface area contributed by atoms with Crippen LogP contribution in [0.4, 0.5) is 0 Å². The molecule has 0 spiro atoms. The number of benzene rings is 1. The third-order valence-electron chi connectivity index (χ3n) is 2.99. The van der Waals surface area contributed by atoms with Crippen LogP contribution in [0.3, 0.4) is 0 Å². The monoisotopic (exact) mass is 373 g/mol. The molecule has 0 fully saturated rings. The van der Waals surface area contributed by atoms with E-state index in [2.05, 4.69) is 0 Å². The van der Waals surface area contributed by atoms with Crippen LogP contribution in [-0.2, 0) is 4.79 Å². The first-order chi connectivity index (χ1) is 10.0. The zero-order chi connectivity index (χ0) is 15.7. The van der Waals surface area contributed by atoms with Crippen LogP contribution in [0.2, 0.25) is 10.2 Å². The molecule has 1 aromatic rings. The number of phenols is 1. The van der Waals surface area contributed by atoms with Gasteiger partial charge in [0.25, 0.3) is 0 Å². The first-order valence-electron chi connectivity index (χ1n) is 6.93. The Morgan fingerprint density at radius 2 is 1.76 bits per heavy atom. The van der Waals surface area contributed by atoms with Gasteiger partial charge in [-0.15, -0.1) is 0 Å². The number of carboxylic acid groups (broad SMARTS) is 1. The van der Waals surface area contributed by atoms with Crippen LogP contribution in [0.15, 0.2) is 18.2 Å². The number of phenolic OH excluding ortho intramolecular Hbond substituents is 1. The molecule has 0 aromatic heterocycles. The van der Waals surface area contributed by atoms with Gasteiger partial charge in [-0.3, -0.25) is 0 Å². The molecule has 1 radical (unpaired) electrons. The van der Waals surface area contributed by atoms with Gasteiger partial charge < -0.3 is 0 Å². The number of carboxylic acids is 1. The van der Waals surface area contributed by atoms with E-state index < -0.39 is 21.7 Å². The molecule has 0 atom stereocenters. The Morgan fingerprint density at radius 3 is 2.48 bits per heavy atom. The van der Waals surface area contributed by atoms with Crippen molar-refractivity contribution in [3.63, 3.8) is 0 Å². The van der Waals surface area contributed by atoms with Crippen molar-refractivity contribution in [2.24, 2.45) is 0 Å². The molecule has 0 saturated heterocycles. The number of hydrogen-bond acceptors (Lipinski definition) is 3. The SMILES string of the molecule is O=C(O)CCCCCCC[As]C(=O)c1cc(Cl)ccc1O. The van der Waals surface area contributed by atoms with Crippen molar-refractivity contribution >= 4 is 37.9 Å². The van der Waals surface area contributed by atoms with Gasteiger partial charge in [-0.25, -0.2) is 0 Å². The Morgan fingerprint density at radius 1 is 1.10 bits per heavy atom. The van der Waals surface area contributed by atoms with Crippen LogP contribution in [0.25, 0.3) is 0 Å². The second-order valence-electron chi connectivity index (χ2n) is 4.76. The first-order valence-corrected chi connectivity index (χ1v) is 9.57. The maximum absolute atomic E-state index is 12.0. The first kappa shape index (κ1) is 18.1. The topological polar surface area (TPSA) is 74.6 Å². The second-order valence-corrected chi connectivity index (χ2v) is 7.65. The molecule has 115 valence electrons. The summed E-state index contributed by atoms with van der Waals surface area (Å²) in [6, 6.07) is 4.52. The van der Waals surface area contributed by atoms with Crippen molar-refractivity contribution in [2.45, 2.75) is 43.7 Å². The van der Waals surface area contributed by atoms with E-state index in [1.807, 2.05) is 0 Å². The van der Waals surface area contributed by atoms with E-state index in [1.54, 1.807) is 6.07 Å². The zero-order valence-electron chi connectivity index (χ0n) is 11.7. The molecule has 0 aliphatic heterocycles. The van der Waals surface area contributed by atoms with Gasteiger partial charge in [-0.05, 0) is 0 Å². The van der Waals surface area contributed by atoms with Gasteiger partial charge in [-0.1, -0.05) is 0 Å². The summed E-state index contributed by atoms with van der Waals surface area (Å²) in [4.78, 5) is 22.3. The molecule has 0 saturated carbocycles. The fourth-order valence-corrected chi connectivity index (χ4v) is 4.00. The number of carbonyl (C=O) groups excluding carboxylic acids is 1. The predicted molar refractivity (Wildman–Crippen MR) is 83.3 cm³/mol. The van der Waals surface area contributed by atoms with Crippen LogP contribution in [-0.4, -0.2) is 36.5 Å². The molecule has 0 heterocycles. The molecule has 0 bridgehead atoms. The van der Waals surface area contributed by atoms with Gasteiger partial charge in [-0.2, -0.15) is 0 Å². The van der Waals surface area contributed by atoms with Crippen molar-refractivity contribution in [1.82, 2.24) is 0 Å². The molecular formula is C15H19AsClO4. The minimum atomic E-state index is -0.744. The fourth-order valence-electron chi connectivity index (χ4n) is 1.86. The van der Waals surface area contributed by atoms with Crippen molar-refractivity contribution in [3.05, 3.63) is 28.8 Å². The number of unbranched alkanes of at least 4 members (excludes halogenated alkanes) is 4. The molecule has 21 heavy (non-hydrogen) atoms. The molecule has 0 unspecified atom stereocenters. The Kier molecular flexibility index (Phi) is 8.48. The van der Waals surface area contributed by atoms with Gasteiger partial charge in [0.2, 0.25) is 0 Å². The van der Waals surface area contributed by atoms with E-state index in [4.69, 9.17) is 16.7 Å². The maximum atomic E-state index is 12.0. The summed E-state index contributed by atoms with van der Waals surface area (Å²) in [5.74, 6) is -0.750. The average molecular weight is 374 g/mol. The summed E-state index contributed by atoms with van der Waals surface area (Å²) in [6.07, 6.45) is 4.87. The molecule has 0 amide bonds. The summed E-state index contributed by atoms with van der Waals surface area (Å²) in [5, 5.41) is 19.5. The Hall–Kier alpha value is -0.992. The van der Waals surface area contributed by atoms with Crippen LogP contribution in [0.1, 0.15) is 48.9 Å².